The summed E-state index contributed by atoms with van der Waals surface area (Å²) in [6.07, 6.45) is 0. The van der Waals surface area contributed by atoms with Gasteiger partial charge in [0.2, 0.25) is 5.78 Å². The highest BCUT2D eigenvalue weighted by molar-refractivity contribution is 6.18. The fourth-order valence-corrected chi connectivity index (χ4v) is 2.70. The van der Waals surface area contributed by atoms with E-state index in [1.165, 1.54) is 0 Å². The van der Waals surface area contributed by atoms with Crippen LogP contribution < -0.4 is 4.74 Å². The first kappa shape index (κ1) is 14.7. The molecule has 0 unspecified atom stereocenters. The molecule has 0 aliphatic rings. The SMILES string of the molecule is Cn1c(C(=O)c2ccccc2)c(OCCCl)c2ccccc21. The van der Waals surface area contributed by atoms with Crippen molar-refractivity contribution in [3.63, 3.8) is 0 Å². The number of hydrogen-bond acceptors (Lipinski definition) is 2. The number of ketones is 1. The van der Waals surface area contributed by atoms with Gasteiger partial charge >= 0.3 is 0 Å². The summed E-state index contributed by atoms with van der Waals surface area (Å²) < 4.78 is 7.67. The van der Waals surface area contributed by atoms with Crippen LogP contribution in [0.5, 0.6) is 5.75 Å². The van der Waals surface area contributed by atoms with E-state index in [0.29, 0.717) is 29.5 Å². The highest BCUT2D eigenvalue weighted by Gasteiger charge is 2.23. The monoisotopic (exact) mass is 313 g/mol. The first-order chi connectivity index (χ1) is 10.7. The lowest BCUT2D eigenvalue weighted by molar-refractivity contribution is 0.102. The van der Waals surface area contributed by atoms with E-state index in [4.69, 9.17) is 16.3 Å². The molecule has 1 heterocycles. The Bertz CT molecular complexity index is 809. The Morgan fingerprint density at radius 3 is 2.50 bits per heavy atom. The Balaban J connectivity index is 2.19. The molecule has 3 aromatic rings. The molecule has 0 saturated carbocycles. The maximum Gasteiger partial charge on any atom is 0.213 e. The Morgan fingerprint density at radius 1 is 1.09 bits per heavy atom. The van der Waals surface area contributed by atoms with E-state index >= 15 is 0 Å². The molecule has 0 bridgehead atoms. The van der Waals surface area contributed by atoms with Crippen molar-refractivity contribution in [2.75, 3.05) is 12.5 Å². The summed E-state index contributed by atoms with van der Waals surface area (Å²) in [6.45, 7) is 0.366. The second kappa shape index (κ2) is 6.24. The largest absolute Gasteiger partial charge is 0.489 e. The second-order valence-electron chi connectivity index (χ2n) is 4.99. The summed E-state index contributed by atoms with van der Waals surface area (Å²) in [5.74, 6) is 0.929. The van der Waals surface area contributed by atoms with E-state index in [2.05, 4.69) is 0 Å². The molecule has 0 N–H and O–H groups in total. The number of hydrogen-bond donors (Lipinski definition) is 0. The predicted octanol–water partition coefficient (Wildman–Crippen LogP) is 4.03. The standard InChI is InChI=1S/C18H16ClNO2/c1-20-15-10-6-5-9-14(15)18(22-12-11-19)16(20)17(21)13-7-3-2-4-8-13/h2-10H,11-12H2,1H3. The molecule has 1 aromatic heterocycles. The van der Waals surface area contributed by atoms with E-state index in [9.17, 15) is 4.79 Å². The lowest BCUT2D eigenvalue weighted by Crippen LogP contribution is -2.10. The van der Waals surface area contributed by atoms with Crippen molar-refractivity contribution in [2.24, 2.45) is 7.05 Å². The number of carbonyl (C=O) groups is 1. The molecule has 0 aliphatic carbocycles. The topological polar surface area (TPSA) is 31.2 Å². The van der Waals surface area contributed by atoms with Gasteiger partial charge in [-0.15, -0.1) is 11.6 Å². The zero-order valence-corrected chi connectivity index (χ0v) is 13.0. The number of nitrogens with zero attached hydrogens (tertiary/aromatic N) is 1. The van der Waals surface area contributed by atoms with Crippen LogP contribution >= 0.6 is 11.6 Å². The van der Waals surface area contributed by atoms with Crippen molar-refractivity contribution in [1.29, 1.82) is 0 Å². The number of ether oxygens (including phenoxy) is 1. The van der Waals surface area contributed by atoms with Crippen molar-refractivity contribution < 1.29 is 9.53 Å². The number of aromatic nitrogens is 1. The summed E-state index contributed by atoms with van der Waals surface area (Å²) in [5.41, 5.74) is 2.16. The fourth-order valence-electron chi connectivity index (χ4n) is 2.63. The van der Waals surface area contributed by atoms with Gasteiger partial charge in [-0.3, -0.25) is 4.79 Å². The van der Waals surface area contributed by atoms with Crippen LogP contribution in [0.4, 0.5) is 0 Å². The average molecular weight is 314 g/mol. The van der Waals surface area contributed by atoms with Crippen LogP contribution in [-0.4, -0.2) is 22.8 Å². The van der Waals surface area contributed by atoms with E-state index in [0.717, 1.165) is 10.9 Å². The van der Waals surface area contributed by atoms with E-state index in [-0.39, 0.29) is 5.78 Å². The summed E-state index contributed by atoms with van der Waals surface area (Å²) in [7, 11) is 1.88. The molecule has 3 nitrogen and oxygen atoms in total. The van der Waals surface area contributed by atoms with Gasteiger partial charge in [-0.25, -0.2) is 0 Å². The van der Waals surface area contributed by atoms with Gasteiger partial charge < -0.3 is 9.30 Å². The number of aryl methyl sites for hydroxylation is 1. The molecule has 112 valence electrons. The third-order valence-electron chi connectivity index (χ3n) is 3.64. The Hall–Kier alpha value is -2.26. The number of carbonyl (C=O) groups excluding carboxylic acids is 1. The molecular formula is C18H16ClNO2. The van der Waals surface area contributed by atoms with E-state index in [1.807, 2.05) is 66.2 Å². The maximum absolute atomic E-state index is 12.9. The van der Waals surface area contributed by atoms with Crippen LogP contribution in [0, 0.1) is 0 Å². The van der Waals surface area contributed by atoms with Crippen molar-refractivity contribution in [3.8, 4) is 5.75 Å². The molecule has 0 atom stereocenters. The number of benzene rings is 2. The number of alkyl halides is 1. The van der Waals surface area contributed by atoms with Gasteiger partial charge in [0.1, 0.15) is 12.3 Å². The Kier molecular flexibility index (Phi) is 4.16. The summed E-state index contributed by atoms with van der Waals surface area (Å²) in [4.78, 5) is 12.9. The summed E-state index contributed by atoms with van der Waals surface area (Å²) in [6, 6.07) is 17.0. The van der Waals surface area contributed by atoms with Crippen LogP contribution in [0.25, 0.3) is 10.9 Å². The number of para-hydroxylation sites is 1. The van der Waals surface area contributed by atoms with Crippen LogP contribution in [0.1, 0.15) is 16.1 Å². The lowest BCUT2D eigenvalue weighted by Gasteiger charge is -2.08. The average Bonchev–Trinajstić information content (AvgIpc) is 2.86. The minimum Gasteiger partial charge on any atom is -0.489 e. The van der Waals surface area contributed by atoms with Crippen molar-refractivity contribution in [2.45, 2.75) is 0 Å². The van der Waals surface area contributed by atoms with Crippen LogP contribution in [-0.2, 0) is 7.05 Å². The predicted molar refractivity (Wildman–Crippen MR) is 89.0 cm³/mol. The highest BCUT2D eigenvalue weighted by atomic mass is 35.5. The smallest absolute Gasteiger partial charge is 0.213 e. The first-order valence-corrected chi connectivity index (χ1v) is 7.63. The molecule has 0 spiro atoms. The summed E-state index contributed by atoms with van der Waals surface area (Å²) >= 11 is 5.74. The zero-order valence-electron chi connectivity index (χ0n) is 12.3. The van der Waals surface area contributed by atoms with Crippen LogP contribution in [0.3, 0.4) is 0 Å². The van der Waals surface area contributed by atoms with E-state index in [1.54, 1.807) is 0 Å². The lowest BCUT2D eigenvalue weighted by atomic mass is 10.1. The normalized spacial score (nSPS) is 10.8. The molecule has 4 heteroatoms. The van der Waals surface area contributed by atoms with Gasteiger partial charge in [-0.05, 0) is 12.1 Å². The summed E-state index contributed by atoms with van der Waals surface area (Å²) in [5, 5.41) is 0.925. The number of halogens is 1. The minimum absolute atomic E-state index is 0.0520. The Morgan fingerprint density at radius 2 is 1.77 bits per heavy atom. The molecule has 0 aliphatic heterocycles. The van der Waals surface area contributed by atoms with Crippen molar-refractivity contribution in [3.05, 3.63) is 65.9 Å². The van der Waals surface area contributed by atoms with Crippen molar-refractivity contribution in [1.82, 2.24) is 4.57 Å². The molecule has 0 radical (unpaired) electrons. The van der Waals surface area contributed by atoms with E-state index < -0.39 is 0 Å². The Labute approximate surface area is 134 Å². The second-order valence-corrected chi connectivity index (χ2v) is 5.36. The number of fused-ring (bicyclic) bond motifs is 1. The van der Waals surface area contributed by atoms with Gasteiger partial charge in [-0.2, -0.15) is 0 Å². The minimum atomic E-state index is -0.0520. The zero-order chi connectivity index (χ0) is 15.5. The maximum atomic E-state index is 12.9. The highest BCUT2D eigenvalue weighted by Crippen LogP contribution is 2.34. The van der Waals surface area contributed by atoms with Gasteiger partial charge in [0.15, 0.2) is 5.75 Å². The van der Waals surface area contributed by atoms with Gasteiger partial charge in [0, 0.05) is 18.0 Å². The molecule has 2 aromatic carbocycles. The third-order valence-corrected chi connectivity index (χ3v) is 3.79. The van der Waals surface area contributed by atoms with Gasteiger partial charge in [0.05, 0.1) is 11.4 Å². The van der Waals surface area contributed by atoms with Crippen molar-refractivity contribution >= 4 is 28.3 Å². The van der Waals surface area contributed by atoms with Gasteiger partial charge in [-0.1, -0.05) is 42.5 Å². The fraction of sp³-hybridized carbons (Fsp3) is 0.167. The molecule has 3 rings (SSSR count). The third kappa shape index (κ3) is 2.48. The van der Waals surface area contributed by atoms with Gasteiger partial charge in [0.25, 0.3) is 0 Å². The van der Waals surface area contributed by atoms with Crippen LogP contribution in [0.2, 0.25) is 0 Å². The molecule has 0 saturated heterocycles. The first-order valence-electron chi connectivity index (χ1n) is 7.10. The quantitative estimate of drug-likeness (QED) is 0.526. The molecular weight excluding hydrogens is 298 g/mol. The molecule has 22 heavy (non-hydrogen) atoms. The molecule has 0 amide bonds. The van der Waals surface area contributed by atoms with Crippen LogP contribution in [0.15, 0.2) is 54.6 Å². The number of rotatable bonds is 5. The molecule has 0 fully saturated rings.